The van der Waals surface area contributed by atoms with Gasteiger partial charge in [0.05, 0.1) is 0 Å². The first-order chi connectivity index (χ1) is 16.8. The third-order valence-electron chi connectivity index (χ3n) is 5.36. The number of halogens is 2. The van der Waals surface area contributed by atoms with E-state index >= 15 is 0 Å². The Labute approximate surface area is 264 Å². The zero-order chi connectivity index (χ0) is 27.8. The van der Waals surface area contributed by atoms with Crippen molar-refractivity contribution in [1.82, 2.24) is 0 Å². The van der Waals surface area contributed by atoms with Crippen LogP contribution in [0.25, 0.3) is 0 Å². The molecular weight excluding hydrogens is 599 g/mol. The Morgan fingerprint density at radius 3 is 0.921 bits per heavy atom. The molecule has 210 valence electrons. The Morgan fingerprint density at radius 1 is 0.579 bits per heavy atom. The van der Waals surface area contributed by atoms with Gasteiger partial charge in [-0.05, 0) is 0 Å². The van der Waals surface area contributed by atoms with Crippen LogP contribution >= 0.6 is 24.8 Å². The smallest absolute Gasteiger partial charge is 0.171 e. The molecule has 0 heterocycles. The van der Waals surface area contributed by atoms with Crippen molar-refractivity contribution in [2.75, 3.05) is 0 Å². The van der Waals surface area contributed by atoms with E-state index in [4.69, 9.17) is 0 Å². The van der Waals surface area contributed by atoms with E-state index in [0.717, 1.165) is 0 Å². The molecule has 0 fully saturated rings. The molecule has 4 rings (SSSR count). The van der Waals surface area contributed by atoms with E-state index in [9.17, 15) is 0 Å². The number of hydrogen-bond acceptors (Lipinski definition) is 0. The van der Waals surface area contributed by atoms with E-state index in [-0.39, 0.29) is 24.8 Å². The number of benzene rings is 2. The van der Waals surface area contributed by atoms with Crippen LogP contribution in [-0.4, -0.2) is 6.88 Å². The van der Waals surface area contributed by atoms with Gasteiger partial charge >= 0.3 is 30.2 Å². The molecule has 2 atom stereocenters. The van der Waals surface area contributed by atoms with Crippen LogP contribution in [0.3, 0.4) is 0 Å². The molecular formula is C34H48Cl2SiZr-4. The SMILES string of the molecule is CC1=[C-]C(C)C=C1C(C)(C)C.CC1=[C-]C(C)C=C1C(C)(C)C.Cl.Cl.[SiH2]=[Zr].[c-]1ccccc1.[c-]1ccccc1. The van der Waals surface area contributed by atoms with Crippen LogP contribution in [0, 0.1) is 47.0 Å². The number of allylic oxidation sites excluding steroid dienone is 8. The van der Waals surface area contributed by atoms with Gasteiger partial charge in [0.25, 0.3) is 0 Å². The van der Waals surface area contributed by atoms with Crippen molar-refractivity contribution in [3.8, 4) is 0 Å². The minimum Gasteiger partial charge on any atom is -0.184 e. The van der Waals surface area contributed by atoms with Gasteiger partial charge in [0.15, 0.2) is 0 Å². The standard InChI is InChI=1S/2C11H17.2C6H5.2ClH.H2Si.Zr/c2*1-8-6-9(2)10(7-8)11(3,4)5;2*1-2-4-6-5-3-1;;;;/h2*7-8H,1-5H3;2*1-5H;2*1H;1H2;/q4*-1;;;;. The Hall–Kier alpha value is -0.920. The fourth-order valence-electron chi connectivity index (χ4n) is 3.98. The van der Waals surface area contributed by atoms with E-state index in [2.05, 4.69) is 106 Å². The van der Waals surface area contributed by atoms with Gasteiger partial charge in [-0.3, -0.25) is 12.2 Å². The summed E-state index contributed by atoms with van der Waals surface area (Å²) in [5.41, 5.74) is 6.19. The Morgan fingerprint density at radius 2 is 0.842 bits per heavy atom. The van der Waals surface area contributed by atoms with Gasteiger partial charge in [-0.25, -0.2) is 11.1 Å². The summed E-state index contributed by atoms with van der Waals surface area (Å²) in [6.07, 6.45) is 11.4. The molecule has 0 bridgehead atoms. The zero-order valence-electron chi connectivity index (χ0n) is 25.1. The molecule has 2 aliphatic carbocycles. The van der Waals surface area contributed by atoms with Gasteiger partial charge in [0, 0.05) is 0 Å². The third kappa shape index (κ3) is 18.4. The van der Waals surface area contributed by atoms with E-state index in [1.807, 2.05) is 67.5 Å². The monoisotopic (exact) mass is 644 g/mol. The maximum atomic E-state index is 3.40. The molecule has 0 saturated carbocycles. The van der Waals surface area contributed by atoms with Crippen molar-refractivity contribution >= 4 is 31.7 Å². The fourth-order valence-corrected chi connectivity index (χ4v) is 3.98. The summed E-state index contributed by atoms with van der Waals surface area (Å²) < 4.78 is 0. The van der Waals surface area contributed by atoms with Crippen LogP contribution in [0.15, 0.2) is 95.1 Å². The Balaban J connectivity index is -0.000000426. The molecule has 0 saturated heterocycles. The molecule has 2 aliphatic rings. The summed E-state index contributed by atoms with van der Waals surface area (Å²) >= 11 is 1.58. The summed E-state index contributed by atoms with van der Waals surface area (Å²) in [6.45, 7) is 24.1. The first-order valence-corrected chi connectivity index (χ1v) is 18.6. The summed E-state index contributed by atoms with van der Waals surface area (Å²) in [5.74, 6) is 1.04. The average molecular weight is 647 g/mol. The average Bonchev–Trinajstić information content (AvgIpc) is 3.38. The van der Waals surface area contributed by atoms with E-state index < -0.39 is 0 Å². The van der Waals surface area contributed by atoms with Crippen LogP contribution < -0.4 is 0 Å². The van der Waals surface area contributed by atoms with Gasteiger partial charge in [-0.1, -0.05) is 91.9 Å². The second kappa shape index (κ2) is 21.8. The minimum atomic E-state index is 0. The van der Waals surface area contributed by atoms with Gasteiger partial charge < -0.3 is 0 Å². The van der Waals surface area contributed by atoms with E-state index in [1.54, 1.807) is 23.3 Å². The quantitative estimate of drug-likeness (QED) is 0.198. The first kappa shape index (κ1) is 41.6. The molecule has 0 aromatic heterocycles. The summed E-state index contributed by atoms with van der Waals surface area (Å²) in [7, 11) is 0. The maximum Gasteiger partial charge on any atom is -0.171 e. The van der Waals surface area contributed by atoms with Crippen molar-refractivity contribution in [2.24, 2.45) is 22.7 Å². The van der Waals surface area contributed by atoms with Crippen molar-refractivity contribution in [3.63, 3.8) is 0 Å². The molecule has 0 radical (unpaired) electrons. The van der Waals surface area contributed by atoms with Crippen LogP contribution in [0.2, 0.25) is 0 Å². The second-order valence-corrected chi connectivity index (χ2v) is 10.9. The van der Waals surface area contributed by atoms with E-state index in [1.165, 1.54) is 22.3 Å². The normalized spacial score (nSPS) is 17.1. The largest absolute Gasteiger partial charge is 0.184 e. The maximum absolute atomic E-state index is 3.40. The Kier molecular flexibility index (Phi) is 23.9. The Bertz CT molecular complexity index is 844. The van der Waals surface area contributed by atoms with Crippen LogP contribution in [0.1, 0.15) is 69.2 Å². The summed E-state index contributed by atoms with van der Waals surface area (Å²) in [6, 6.07) is 25.0. The second-order valence-electron chi connectivity index (χ2n) is 10.9. The van der Waals surface area contributed by atoms with Crippen molar-refractivity contribution in [2.45, 2.75) is 69.2 Å². The molecule has 38 heavy (non-hydrogen) atoms. The molecule has 2 aromatic rings. The summed E-state index contributed by atoms with van der Waals surface area (Å²) in [4.78, 5) is 0. The molecule has 2 aromatic carbocycles. The molecule has 4 heteroatoms. The van der Waals surface area contributed by atoms with Crippen molar-refractivity contribution in [1.29, 1.82) is 0 Å². The first-order valence-electron chi connectivity index (χ1n) is 12.7. The van der Waals surface area contributed by atoms with Crippen LogP contribution in [0.4, 0.5) is 0 Å². The molecule has 2 unspecified atom stereocenters. The van der Waals surface area contributed by atoms with Crippen LogP contribution in [0.5, 0.6) is 0 Å². The molecule has 0 nitrogen and oxygen atoms in total. The zero-order valence-corrected chi connectivity index (χ0v) is 30.6. The topological polar surface area (TPSA) is 0 Å². The predicted octanol–water partition coefficient (Wildman–Crippen LogP) is 9.61. The minimum absolute atomic E-state index is 0. The number of rotatable bonds is 0. The van der Waals surface area contributed by atoms with Gasteiger partial charge in [0.2, 0.25) is 0 Å². The fraction of sp³-hybridized carbons (Fsp3) is 0.412. The third-order valence-corrected chi connectivity index (χ3v) is 5.36. The van der Waals surface area contributed by atoms with Crippen molar-refractivity contribution < 1.29 is 23.3 Å². The number of hydrogen-bond donors (Lipinski definition) is 0. The van der Waals surface area contributed by atoms with Crippen molar-refractivity contribution in [3.05, 3.63) is 119 Å². The van der Waals surface area contributed by atoms with Gasteiger partial charge in [-0.15, -0.1) is 24.8 Å². The molecule has 0 N–H and O–H groups in total. The van der Waals surface area contributed by atoms with Crippen LogP contribution in [-0.2, 0) is 23.3 Å². The molecule has 0 spiro atoms. The molecule has 0 aliphatic heterocycles. The van der Waals surface area contributed by atoms with Gasteiger partial charge in [0.1, 0.15) is 0 Å². The van der Waals surface area contributed by atoms with E-state index in [0.29, 0.717) is 22.7 Å². The predicted molar refractivity (Wildman–Crippen MR) is 172 cm³/mol. The summed E-state index contributed by atoms with van der Waals surface area (Å²) in [5, 5.41) is 0. The van der Waals surface area contributed by atoms with Gasteiger partial charge in [-0.2, -0.15) is 96.1 Å². The molecule has 0 amide bonds.